The fraction of sp³-hybridized carbons (Fsp3) is 0.586. The Labute approximate surface area is 234 Å². The highest BCUT2D eigenvalue weighted by Gasteiger charge is 2.36. The Bertz CT molecular complexity index is 1170. The van der Waals surface area contributed by atoms with Crippen LogP contribution in [-0.4, -0.2) is 71.3 Å². The lowest BCUT2D eigenvalue weighted by molar-refractivity contribution is -0.130. The Kier molecular flexibility index (Phi) is 9.71. The molecule has 8 nitrogen and oxygen atoms in total. The average Bonchev–Trinajstić information content (AvgIpc) is 3.26. The smallest absolute Gasteiger partial charge is 0.321 e. The van der Waals surface area contributed by atoms with Crippen molar-refractivity contribution in [2.45, 2.75) is 71.4 Å². The normalized spacial score (nSPS) is 23.7. The third-order valence-electron chi connectivity index (χ3n) is 8.19. The van der Waals surface area contributed by atoms with E-state index in [2.05, 4.69) is 20.5 Å². The lowest BCUT2D eigenvalue weighted by Crippen LogP contribution is -2.53. The van der Waals surface area contributed by atoms with Crippen LogP contribution in [-0.2, 0) is 11.2 Å². The van der Waals surface area contributed by atoms with Gasteiger partial charge in [-0.2, -0.15) is 0 Å². The number of piperidine rings is 1. The Hall–Kier alpha value is -2.85. The molecular formula is C29H40FN5O3S. The van der Waals surface area contributed by atoms with Gasteiger partial charge < -0.3 is 15.1 Å². The Morgan fingerprint density at radius 1 is 1.15 bits per heavy atom. The van der Waals surface area contributed by atoms with Crippen LogP contribution in [0.15, 0.2) is 24.3 Å². The first-order valence-corrected chi connectivity index (χ1v) is 14.7. The monoisotopic (exact) mass is 557 g/mol. The molecule has 4 atom stereocenters. The second-order valence-electron chi connectivity index (χ2n) is 11.1. The molecule has 212 valence electrons. The van der Waals surface area contributed by atoms with Gasteiger partial charge in [-0.05, 0) is 81.5 Å². The van der Waals surface area contributed by atoms with Crippen molar-refractivity contribution < 1.29 is 18.8 Å². The van der Waals surface area contributed by atoms with Crippen molar-refractivity contribution in [1.29, 1.82) is 0 Å². The van der Waals surface area contributed by atoms with Gasteiger partial charge in [0.05, 0.1) is 10.6 Å². The number of nitrogens with zero attached hydrogens (tertiary/aromatic N) is 3. The number of thiazole rings is 1. The number of amides is 3. The minimum Gasteiger partial charge on any atom is -0.343 e. The fourth-order valence-electron chi connectivity index (χ4n) is 6.09. The van der Waals surface area contributed by atoms with Crippen LogP contribution in [0.3, 0.4) is 0 Å². The zero-order valence-corrected chi connectivity index (χ0v) is 24.2. The van der Waals surface area contributed by atoms with Crippen molar-refractivity contribution in [3.05, 3.63) is 46.2 Å². The lowest BCUT2D eigenvalue weighted by atomic mass is 9.80. The number of ketones is 1. The number of aryl methyl sites for hydroxylation is 1. The van der Waals surface area contributed by atoms with E-state index in [-0.39, 0.29) is 41.5 Å². The van der Waals surface area contributed by atoms with Crippen molar-refractivity contribution in [3.8, 4) is 0 Å². The summed E-state index contributed by atoms with van der Waals surface area (Å²) in [5, 5.41) is 6.41. The number of nitrogens with one attached hydrogen (secondary N) is 2. The number of aromatic nitrogens is 1. The Morgan fingerprint density at radius 3 is 2.56 bits per heavy atom. The highest BCUT2D eigenvalue weighted by molar-refractivity contribution is 7.17. The quantitative estimate of drug-likeness (QED) is 0.451. The summed E-state index contributed by atoms with van der Waals surface area (Å²) >= 11 is 1.19. The third kappa shape index (κ3) is 7.85. The van der Waals surface area contributed by atoms with E-state index in [0.29, 0.717) is 21.6 Å². The number of halogens is 1. The van der Waals surface area contributed by atoms with Gasteiger partial charge >= 0.3 is 6.03 Å². The molecule has 1 aromatic carbocycles. The molecule has 0 spiro atoms. The molecule has 2 N–H and O–H groups in total. The number of urea groups is 1. The molecule has 1 aromatic heterocycles. The summed E-state index contributed by atoms with van der Waals surface area (Å²) in [4.78, 5) is 46.1. The first kappa shape index (κ1) is 29.1. The van der Waals surface area contributed by atoms with E-state index in [1.807, 2.05) is 24.1 Å². The van der Waals surface area contributed by atoms with Gasteiger partial charge in [-0.25, -0.2) is 14.2 Å². The molecule has 3 amide bonds. The molecule has 39 heavy (non-hydrogen) atoms. The summed E-state index contributed by atoms with van der Waals surface area (Å²) in [5.41, 5.74) is 1.78. The third-order valence-corrected chi connectivity index (χ3v) is 9.36. The fourth-order valence-corrected chi connectivity index (χ4v) is 6.94. The van der Waals surface area contributed by atoms with E-state index in [1.54, 1.807) is 13.8 Å². The summed E-state index contributed by atoms with van der Waals surface area (Å²) in [5.74, 6) is 0.470. The predicted octanol–water partition coefficient (Wildman–Crippen LogP) is 4.89. The maximum Gasteiger partial charge on any atom is 0.321 e. The molecule has 0 bridgehead atoms. The number of anilines is 1. The largest absolute Gasteiger partial charge is 0.343 e. The highest BCUT2D eigenvalue weighted by atomic mass is 32.1. The maximum absolute atomic E-state index is 13.3. The molecule has 0 radical (unpaired) electrons. The zero-order chi connectivity index (χ0) is 28.1. The van der Waals surface area contributed by atoms with Crippen LogP contribution in [0.2, 0.25) is 0 Å². The topological polar surface area (TPSA) is 94.6 Å². The molecule has 2 heterocycles. The van der Waals surface area contributed by atoms with Gasteiger partial charge in [-0.1, -0.05) is 23.5 Å². The molecule has 2 fully saturated rings. The molecule has 2 aromatic rings. The van der Waals surface area contributed by atoms with Crippen molar-refractivity contribution >= 4 is 34.2 Å². The van der Waals surface area contributed by atoms with E-state index < -0.39 is 0 Å². The second kappa shape index (κ2) is 13.0. The molecule has 10 heteroatoms. The summed E-state index contributed by atoms with van der Waals surface area (Å²) < 4.78 is 13.3. The SMILES string of the molecule is CC(=O)c1sc(NC(=O)N[C@@H]2CC[C@@H](N(C)C(C)=O)C[C@H]2CN2CCC[C@@H](Cc3ccc(F)cc3)C2)nc1C. The van der Waals surface area contributed by atoms with Crippen molar-refractivity contribution in [3.63, 3.8) is 0 Å². The number of hydrogen-bond donors (Lipinski definition) is 2. The van der Waals surface area contributed by atoms with Gasteiger partial charge in [0.1, 0.15) is 5.82 Å². The number of carbonyl (C=O) groups is 3. The Morgan fingerprint density at radius 2 is 1.90 bits per heavy atom. The van der Waals surface area contributed by atoms with Gasteiger partial charge in [0.25, 0.3) is 0 Å². The van der Waals surface area contributed by atoms with Crippen molar-refractivity contribution in [2.75, 3.05) is 32.0 Å². The zero-order valence-electron chi connectivity index (χ0n) is 23.3. The molecule has 4 rings (SSSR count). The van der Waals surface area contributed by atoms with Gasteiger partial charge in [-0.3, -0.25) is 14.9 Å². The standard InChI is InChI=1S/C29H40FN5O3S/c1-18-27(19(2)36)39-29(31-18)33-28(38)32-26-12-11-25(34(4)20(3)37)15-23(26)17-35-13-5-6-22(16-35)14-21-7-9-24(30)10-8-21/h7-10,22-23,25-26H,5-6,11-17H2,1-4H3,(H2,31,32,33,38)/t22-,23-,25+,26+/m0/s1. The Balaban J connectivity index is 1.41. The maximum atomic E-state index is 13.3. The molecule has 1 aliphatic heterocycles. The minimum atomic E-state index is -0.319. The summed E-state index contributed by atoms with van der Waals surface area (Å²) in [7, 11) is 1.86. The van der Waals surface area contributed by atoms with E-state index in [0.717, 1.165) is 63.7 Å². The molecule has 0 unspecified atom stereocenters. The van der Waals surface area contributed by atoms with Crippen molar-refractivity contribution in [2.24, 2.45) is 11.8 Å². The molecule has 1 saturated heterocycles. The van der Waals surface area contributed by atoms with Gasteiger partial charge in [0, 0.05) is 46.1 Å². The second-order valence-corrected chi connectivity index (χ2v) is 12.1. The van der Waals surface area contributed by atoms with Crippen LogP contribution >= 0.6 is 11.3 Å². The van der Waals surface area contributed by atoms with Gasteiger partial charge in [-0.15, -0.1) is 0 Å². The molecular weight excluding hydrogens is 517 g/mol. The first-order chi connectivity index (χ1) is 18.6. The van der Waals surface area contributed by atoms with E-state index in [9.17, 15) is 18.8 Å². The van der Waals surface area contributed by atoms with E-state index in [1.165, 1.54) is 30.4 Å². The minimum absolute atomic E-state index is 0.0348. The van der Waals surface area contributed by atoms with Crippen LogP contribution in [0.25, 0.3) is 0 Å². The average molecular weight is 558 g/mol. The number of Topliss-reactive ketones (excluding diaryl/α,β-unsaturated/α-hetero) is 1. The number of benzene rings is 1. The number of likely N-dealkylation sites (tertiary alicyclic amines) is 1. The molecule has 1 saturated carbocycles. The molecule has 2 aliphatic rings. The van der Waals surface area contributed by atoms with Crippen LogP contribution < -0.4 is 10.6 Å². The summed E-state index contributed by atoms with van der Waals surface area (Å²) in [6.45, 7) is 7.68. The highest BCUT2D eigenvalue weighted by Crippen LogP contribution is 2.31. The predicted molar refractivity (Wildman–Crippen MR) is 152 cm³/mol. The van der Waals surface area contributed by atoms with Crippen LogP contribution in [0.5, 0.6) is 0 Å². The van der Waals surface area contributed by atoms with Crippen LogP contribution in [0, 0.1) is 24.6 Å². The van der Waals surface area contributed by atoms with Crippen LogP contribution in [0.4, 0.5) is 14.3 Å². The summed E-state index contributed by atoms with van der Waals surface area (Å²) in [6, 6.07) is 6.59. The number of carbonyl (C=O) groups excluding carboxylic acids is 3. The summed E-state index contributed by atoms with van der Waals surface area (Å²) in [6.07, 6.45) is 5.61. The van der Waals surface area contributed by atoms with E-state index >= 15 is 0 Å². The number of hydrogen-bond acceptors (Lipinski definition) is 6. The number of rotatable bonds is 8. The lowest BCUT2D eigenvalue weighted by Gasteiger charge is -2.43. The van der Waals surface area contributed by atoms with Gasteiger partial charge in [0.15, 0.2) is 10.9 Å². The van der Waals surface area contributed by atoms with Crippen molar-refractivity contribution in [1.82, 2.24) is 20.1 Å². The van der Waals surface area contributed by atoms with E-state index in [4.69, 9.17) is 0 Å². The first-order valence-electron chi connectivity index (χ1n) is 13.8. The van der Waals surface area contributed by atoms with Gasteiger partial charge in [0.2, 0.25) is 5.91 Å². The van der Waals surface area contributed by atoms with Crippen LogP contribution in [0.1, 0.15) is 66.9 Å². The molecule has 1 aliphatic carbocycles.